The Morgan fingerprint density at radius 3 is 2.52 bits per heavy atom. The van der Waals surface area contributed by atoms with Gasteiger partial charge in [-0.25, -0.2) is 0 Å². The smallest absolute Gasteiger partial charge is 0.263 e. The van der Waals surface area contributed by atoms with E-state index >= 15 is 0 Å². The highest BCUT2D eigenvalue weighted by Crippen LogP contribution is 1.99. The molecule has 0 unspecified atom stereocenters. The second kappa shape index (κ2) is 11.3. The molecule has 0 aromatic heterocycles. The summed E-state index contributed by atoms with van der Waals surface area (Å²) in [6.07, 6.45) is 2.25. The molecule has 0 bridgehead atoms. The zero-order chi connectivity index (χ0) is 16.9. The van der Waals surface area contributed by atoms with Gasteiger partial charge < -0.3 is 15.5 Å². The van der Waals surface area contributed by atoms with Gasteiger partial charge in [0.1, 0.15) is 11.6 Å². The normalized spacial score (nSPS) is 11.1. The second-order valence-electron chi connectivity index (χ2n) is 5.14. The Hall–Kier alpha value is -2.32. The van der Waals surface area contributed by atoms with Crippen LogP contribution in [0.2, 0.25) is 0 Å². The van der Waals surface area contributed by atoms with Gasteiger partial charge in [0.25, 0.3) is 5.91 Å². The Morgan fingerprint density at radius 2 is 1.91 bits per heavy atom. The first kappa shape index (κ1) is 18.7. The number of amides is 1. The first-order chi connectivity index (χ1) is 11.2. The summed E-state index contributed by atoms with van der Waals surface area (Å²) in [6.45, 7) is 8.32. The number of carbonyl (C=O) groups excluding carboxylic acids is 1. The molecule has 0 heterocycles. The summed E-state index contributed by atoms with van der Waals surface area (Å²) in [5.74, 6) is -0.334. The molecule has 0 aliphatic carbocycles. The molecule has 0 fully saturated rings. The number of nitrogens with zero attached hydrogens (tertiary/aromatic N) is 2. The van der Waals surface area contributed by atoms with E-state index in [1.165, 1.54) is 6.20 Å². The maximum Gasteiger partial charge on any atom is 0.263 e. The largest absolute Gasteiger partial charge is 0.388 e. The van der Waals surface area contributed by atoms with Gasteiger partial charge in [-0.05, 0) is 25.1 Å². The van der Waals surface area contributed by atoms with Crippen molar-refractivity contribution in [2.75, 3.05) is 32.7 Å². The summed E-state index contributed by atoms with van der Waals surface area (Å²) < 4.78 is 0. The third-order valence-electron chi connectivity index (χ3n) is 3.62. The number of rotatable bonds is 10. The number of hydrogen-bond donors (Lipinski definition) is 2. The van der Waals surface area contributed by atoms with Crippen LogP contribution in [0.25, 0.3) is 0 Å². The molecule has 2 N–H and O–H groups in total. The van der Waals surface area contributed by atoms with Gasteiger partial charge in [-0.3, -0.25) is 4.79 Å². The molecule has 1 aromatic rings. The minimum absolute atomic E-state index is 0.109. The molecule has 0 radical (unpaired) electrons. The van der Waals surface area contributed by atoms with Crippen LogP contribution in [-0.4, -0.2) is 43.5 Å². The molecule has 0 saturated heterocycles. The molecule has 0 spiro atoms. The molecule has 0 aliphatic rings. The van der Waals surface area contributed by atoms with E-state index in [4.69, 9.17) is 5.26 Å². The predicted molar refractivity (Wildman–Crippen MR) is 92.6 cm³/mol. The monoisotopic (exact) mass is 314 g/mol. The highest BCUT2D eigenvalue weighted by atomic mass is 16.1. The molecule has 23 heavy (non-hydrogen) atoms. The van der Waals surface area contributed by atoms with E-state index < -0.39 is 0 Å². The van der Waals surface area contributed by atoms with E-state index in [-0.39, 0.29) is 11.5 Å². The maximum absolute atomic E-state index is 12.0. The van der Waals surface area contributed by atoms with E-state index in [0.29, 0.717) is 13.1 Å². The zero-order valence-corrected chi connectivity index (χ0v) is 14.0. The van der Waals surface area contributed by atoms with Crippen molar-refractivity contribution in [1.29, 1.82) is 5.26 Å². The molecule has 0 saturated carbocycles. The summed E-state index contributed by atoms with van der Waals surface area (Å²) in [5, 5.41) is 14.9. The summed E-state index contributed by atoms with van der Waals surface area (Å²) >= 11 is 0. The number of hydrogen-bond acceptors (Lipinski definition) is 4. The lowest BCUT2D eigenvalue weighted by molar-refractivity contribution is -0.117. The van der Waals surface area contributed by atoms with Crippen LogP contribution in [0.1, 0.15) is 19.4 Å². The summed E-state index contributed by atoms with van der Waals surface area (Å²) in [5.41, 5.74) is 1.27. The third kappa shape index (κ3) is 7.48. The van der Waals surface area contributed by atoms with Crippen molar-refractivity contribution in [2.45, 2.75) is 20.3 Å². The van der Waals surface area contributed by atoms with Crippen molar-refractivity contribution in [3.8, 4) is 6.07 Å². The van der Waals surface area contributed by atoms with E-state index in [2.05, 4.69) is 29.4 Å². The standard InChI is InChI=1S/C18H26N4O/c1-3-22(4-2)13-12-20-15-17(14-19)18(23)21-11-10-16-8-6-5-7-9-16/h5-9,15,20H,3-4,10-13H2,1-2H3,(H,21,23)/b17-15-. The Kier molecular flexibility index (Phi) is 9.18. The fraction of sp³-hybridized carbons (Fsp3) is 0.444. The fourth-order valence-electron chi connectivity index (χ4n) is 2.15. The highest BCUT2D eigenvalue weighted by molar-refractivity contribution is 5.97. The zero-order valence-electron chi connectivity index (χ0n) is 14.0. The molecule has 1 amide bonds. The second-order valence-corrected chi connectivity index (χ2v) is 5.14. The molecule has 1 rings (SSSR count). The van der Waals surface area contributed by atoms with Gasteiger partial charge in [0.2, 0.25) is 0 Å². The highest BCUT2D eigenvalue weighted by Gasteiger charge is 2.07. The Balaban J connectivity index is 2.33. The van der Waals surface area contributed by atoms with Crippen molar-refractivity contribution in [2.24, 2.45) is 0 Å². The lowest BCUT2D eigenvalue weighted by Crippen LogP contribution is -2.31. The number of carbonyl (C=O) groups is 1. The van der Waals surface area contributed by atoms with Crippen molar-refractivity contribution in [3.63, 3.8) is 0 Å². The fourth-order valence-corrected chi connectivity index (χ4v) is 2.15. The van der Waals surface area contributed by atoms with Crippen LogP contribution in [-0.2, 0) is 11.2 Å². The number of benzene rings is 1. The van der Waals surface area contributed by atoms with Crippen LogP contribution in [0, 0.1) is 11.3 Å². The van der Waals surface area contributed by atoms with Crippen LogP contribution in [0.3, 0.4) is 0 Å². The van der Waals surface area contributed by atoms with Crippen molar-refractivity contribution >= 4 is 5.91 Å². The van der Waals surface area contributed by atoms with E-state index in [9.17, 15) is 4.79 Å². The first-order valence-electron chi connectivity index (χ1n) is 8.09. The summed E-state index contributed by atoms with van der Waals surface area (Å²) in [7, 11) is 0. The minimum Gasteiger partial charge on any atom is -0.388 e. The Morgan fingerprint density at radius 1 is 1.22 bits per heavy atom. The van der Waals surface area contributed by atoms with Gasteiger partial charge in [0.15, 0.2) is 0 Å². The number of nitrogens with one attached hydrogen (secondary N) is 2. The topological polar surface area (TPSA) is 68.2 Å². The maximum atomic E-state index is 12.0. The SMILES string of the molecule is CCN(CC)CCN/C=C(/C#N)C(=O)NCCc1ccccc1. The molecule has 0 atom stereocenters. The van der Waals surface area contributed by atoms with Crippen LogP contribution >= 0.6 is 0 Å². The molecular formula is C18H26N4O. The molecule has 0 aliphatic heterocycles. The Bertz CT molecular complexity index is 530. The van der Waals surface area contributed by atoms with Gasteiger partial charge in [-0.15, -0.1) is 0 Å². The lowest BCUT2D eigenvalue weighted by atomic mass is 10.1. The van der Waals surface area contributed by atoms with Gasteiger partial charge in [0, 0.05) is 25.8 Å². The van der Waals surface area contributed by atoms with Crippen molar-refractivity contribution < 1.29 is 4.79 Å². The van der Waals surface area contributed by atoms with Gasteiger partial charge in [0.05, 0.1) is 0 Å². The Labute approximate surface area is 139 Å². The van der Waals surface area contributed by atoms with Crippen LogP contribution in [0.5, 0.6) is 0 Å². The van der Waals surface area contributed by atoms with E-state index in [1.807, 2.05) is 36.4 Å². The van der Waals surface area contributed by atoms with Crippen LogP contribution in [0.15, 0.2) is 42.1 Å². The molecule has 5 heteroatoms. The molecular weight excluding hydrogens is 288 g/mol. The summed E-state index contributed by atoms with van der Waals surface area (Å²) in [6, 6.07) is 11.9. The van der Waals surface area contributed by atoms with Crippen molar-refractivity contribution in [1.82, 2.24) is 15.5 Å². The van der Waals surface area contributed by atoms with Crippen LogP contribution < -0.4 is 10.6 Å². The molecule has 1 aromatic carbocycles. The number of likely N-dealkylation sites (N-methyl/N-ethyl adjacent to an activating group) is 1. The van der Waals surface area contributed by atoms with E-state index in [1.54, 1.807) is 0 Å². The van der Waals surface area contributed by atoms with Gasteiger partial charge in [-0.1, -0.05) is 44.2 Å². The van der Waals surface area contributed by atoms with E-state index in [0.717, 1.165) is 31.6 Å². The van der Waals surface area contributed by atoms with Crippen molar-refractivity contribution in [3.05, 3.63) is 47.7 Å². The molecule has 5 nitrogen and oxygen atoms in total. The average molecular weight is 314 g/mol. The van der Waals surface area contributed by atoms with Gasteiger partial charge >= 0.3 is 0 Å². The average Bonchev–Trinajstić information content (AvgIpc) is 2.59. The summed E-state index contributed by atoms with van der Waals surface area (Å²) in [4.78, 5) is 14.2. The molecule has 124 valence electrons. The first-order valence-corrected chi connectivity index (χ1v) is 8.09. The predicted octanol–water partition coefficient (Wildman–Crippen LogP) is 1.68. The number of nitriles is 1. The van der Waals surface area contributed by atoms with Gasteiger partial charge in [-0.2, -0.15) is 5.26 Å². The quantitative estimate of drug-likeness (QED) is 0.392. The lowest BCUT2D eigenvalue weighted by Gasteiger charge is -2.17. The third-order valence-corrected chi connectivity index (χ3v) is 3.62. The van der Waals surface area contributed by atoms with Crippen LogP contribution in [0.4, 0.5) is 0 Å². The minimum atomic E-state index is -0.334.